The second kappa shape index (κ2) is 3.22. The SMILES string of the molecule is Nc1ccn(CCCO)n1. The molecule has 0 aromatic carbocycles. The molecular formula is C6H11N3O. The average Bonchev–Trinajstić information content (AvgIpc) is 2.31. The molecule has 0 bridgehead atoms. The number of hydrogen-bond donors (Lipinski definition) is 2. The largest absolute Gasteiger partial charge is 0.396 e. The molecule has 0 aliphatic rings. The zero-order valence-corrected chi connectivity index (χ0v) is 5.70. The quantitative estimate of drug-likeness (QED) is 0.615. The molecule has 10 heavy (non-hydrogen) atoms. The summed E-state index contributed by atoms with van der Waals surface area (Å²) < 4.78 is 1.71. The standard InChI is InChI=1S/C6H11N3O/c7-6-2-4-9(8-6)3-1-5-10/h2,4,10H,1,3,5H2,(H2,7,8). The van der Waals surface area contributed by atoms with Crippen LogP contribution in [0.1, 0.15) is 6.42 Å². The number of anilines is 1. The second-order valence-corrected chi connectivity index (χ2v) is 2.08. The first-order valence-corrected chi connectivity index (χ1v) is 3.22. The topological polar surface area (TPSA) is 64.1 Å². The number of nitrogens with two attached hydrogens (primary N) is 1. The molecule has 0 amide bonds. The third-order valence-electron chi connectivity index (χ3n) is 1.21. The van der Waals surface area contributed by atoms with Crippen molar-refractivity contribution in [1.29, 1.82) is 0 Å². The second-order valence-electron chi connectivity index (χ2n) is 2.08. The van der Waals surface area contributed by atoms with Crippen LogP contribution in [-0.4, -0.2) is 21.5 Å². The molecule has 3 N–H and O–H groups in total. The molecule has 0 radical (unpaired) electrons. The fraction of sp³-hybridized carbons (Fsp3) is 0.500. The number of rotatable bonds is 3. The van der Waals surface area contributed by atoms with Gasteiger partial charge in [-0.05, 0) is 12.5 Å². The van der Waals surface area contributed by atoms with Crippen LogP contribution >= 0.6 is 0 Å². The number of aliphatic hydroxyl groups excluding tert-OH is 1. The van der Waals surface area contributed by atoms with E-state index in [1.165, 1.54) is 0 Å². The lowest BCUT2D eigenvalue weighted by atomic mass is 10.5. The molecule has 1 rings (SSSR count). The van der Waals surface area contributed by atoms with Crippen molar-refractivity contribution in [3.05, 3.63) is 12.3 Å². The molecule has 0 atom stereocenters. The van der Waals surface area contributed by atoms with Crippen molar-refractivity contribution >= 4 is 5.82 Å². The summed E-state index contributed by atoms with van der Waals surface area (Å²) in [4.78, 5) is 0. The van der Waals surface area contributed by atoms with E-state index in [0.29, 0.717) is 5.82 Å². The van der Waals surface area contributed by atoms with Gasteiger partial charge in [0.2, 0.25) is 0 Å². The van der Waals surface area contributed by atoms with Gasteiger partial charge in [-0.15, -0.1) is 0 Å². The van der Waals surface area contributed by atoms with E-state index < -0.39 is 0 Å². The molecule has 1 aromatic rings. The van der Waals surface area contributed by atoms with Gasteiger partial charge in [-0.1, -0.05) is 0 Å². The highest BCUT2D eigenvalue weighted by molar-refractivity contribution is 5.23. The van der Waals surface area contributed by atoms with Gasteiger partial charge >= 0.3 is 0 Å². The lowest BCUT2D eigenvalue weighted by molar-refractivity contribution is 0.277. The first kappa shape index (κ1) is 7.08. The number of hydrogen-bond acceptors (Lipinski definition) is 3. The molecule has 0 spiro atoms. The van der Waals surface area contributed by atoms with Crippen LogP contribution in [0.15, 0.2) is 12.3 Å². The third kappa shape index (κ3) is 1.73. The Morgan fingerprint density at radius 3 is 3.00 bits per heavy atom. The molecular weight excluding hydrogens is 130 g/mol. The van der Waals surface area contributed by atoms with E-state index in [2.05, 4.69) is 5.10 Å². The molecule has 4 nitrogen and oxygen atoms in total. The number of nitrogen functional groups attached to an aromatic ring is 1. The van der Waals surface area contributed by atoms with Crippen molar-refractivity contribution in [1.82, 2.24) is 9.78 Å². The minimum Gasteiger partial charge on any atom is -0.396 e. The molecule has 1 heterocycles. The highest BCUT2D eigenvalue weighted by Crippen LogP contribution is 1.95. The van der Waals surface area contributed by atoms with Crippen LogP contribution in [0.5, 0.6) is 0 Å². The molecule has 0 aliphatic heterocycles. The molecule has 0 fully saturated rings. The van der Waals surface area contributed by atoms with Crippen molar-refractivity contribution in [2.24, 2.45) is 0 Å². The third-order valence-corrected chi connectivity index (χ3v) is 1.21. The molecule has 0 saturated carbocycles. The molecule has 0 aliphatic carbocycles. The molecule has 56 valence electrons. The minimum absolute atomic E-state index is 0.194. The smallest absolute Gasteiger partial charge is 0.145 e. The predicted molar refractivity (Wildman–Crippen MR) is 38.3 cm³/mol. The van der Waals surface area contributed by atoms with Crippen LogP contribution in [0.4, 0.5) is 5.82 Å². The van der Waals surface area contributed by atoms with Crippen molar-refractivity contribution in [2.45, 2.75) is 13.0 Å². The van der Waals surface area contributed by atoms with Crippen molar-refractivity contribution in [2.75, 3.05) is 12.3 Å². The summed E-state index contributed by atoms with van der Waals surface area (Å²) in [7, 11) is 0. The van der Waals surface area contributed by atoms with Gasteiger partial charge in [0, 0.05) is 19.3 Å². The summed E-state index contributed by atoms with van der Waals surface area (Å²) in [5.74, 6) is 0.526. The first-order chi connectivity index (χ1) is 4.83. The zero-order valence-electron chi connectivity index (χ0n) is 5.70. The maximum Gasteiger partial charge on any atom is 0.145 e. The molecule has 4 heteroatoms. The van der Waals surface area contributed by atoms with E-state index in [9.17, 15) is 0 Å². The fourth-order valence-corrected chi connectivity index (χ4v) is 0.735. The number of aromatic nitrogens is 2. The lowest BCUT2D eigenvalue weighted by Gasteiger charge is -1.96. The zero-order chi connectivity index (χ0) is 7.40. The Labute approximate surface area is 59.3 Å². The van der Waals surface area contributed by atoms with Gasteiger partial charge < -0.3 is 10.8 Å². The van der Waals surface area contributed by atoms with Crippen LogP contribution in [-0.2, 0) is 6.54 Å². The summed E-state index contributed by atoms with van der Waals surface area (Å²) in [6.45, 7) is 0.924. The molecule has 0 saturated heterocycles. The Balaban J connectivity index is 2.42. The van der Waals surface area contributed by atoms with E-state index >= 15 is 0 Å². The Kier molecular flexibility index (Phi) is 2.28. The fourth-order valence-electron chi connectivity index (χ4n) is 0.735. The van der Waals surface area contributed by atoms with Crippen molar-refractivity contribution in [3.63, 3.8) is 0 Å². The van der Waals surface area contributed by atoms with Gasteiger partial charge in [0.1, 0.15) is 5.82 Å². The van der Waals surface area contributed by atoms with Crippen molar-refractivity contribution in [3.8, 4) is 0 Å². The van der Waals surface area contributed by atoms with E-state index in [-0.39, 0.29) is 6.61 Å². The first-order valence-electron chi connectivity index (χ1n) is 3.22. The van der Waals surface area contributed by atoms with E-state index in [1.807, 2.05) is 0 Å². The monoisotopic (exact) mass is 141 g/mol. The predicted octanol–water partition coefficient (Wildman–Crippen LogP) is -0.152. The number of aryl methyl sites for hydroxylation is 1. The lowest BCUT2D eigenvalue weighted by Crippen LogP contribution is -2.01. The maximum atomic E-state index is 8.46. The Morgan fingerprint density at radius 2 is 2.50 bits per heavy atom. The van der Waals surface area contributed by atoms with Crippen LogP contribution in [0.25, 0.3) is 0 Å². The van der Waals surface area contributed by atoms with E-state index in [4.69, 9.17) is 10.8 Å². The highest BCUT2D eigenvalue weighted by atomic mass is 16.3. The van der Waals surface area contributed by atoms with Gasteiger partial charge in [-0.3, -0.25) is 4.68 Å². The van der Waals surface area contributed by atoms with E-state index in [1.54, 1.807) is 16.9 Å². The van der Waals surface area contributed by atoms with E-state index in [0.717, 1.165) is 13.0 Å². The number of nitrogens with zero attached hydrogens (tertiary/aromatic N) is 2. The highest BCUT2D eigenvalue weighted by Gasteiger charge is 1.91. The van der Waals surface area contributed by atoms with Gasteiger partial charge in [0.25, 0.3) is 0 Å². The average molecular weight is 141 g/mol. The number of aliphatic hydroxyl groups is 1. The van der Waals surface area contributed by atoms with Crippen LogP contribution in [0, 0.1) is 0 Å². The normalized spacial score (nSPS) is 10.1. The Morgan fingerprint density at radius 1 is 1.70 bits per heavy atom. The Bertz CT molecular complexity index is 197. The van der Waals surface area contributed by atoms with Crippen LogP contribution in [0.3, 0.4) is 0 Å². The summed E-state index contributed by atoms with van der Waals surface area (Å²) in [6, 6.07) is 1.73. The van der Waals surface area contributed by atoms with Crippen LogP contribution in [0.2, 0.25) is 0 Å². The minimum atomic E-state index is 0.194. The Hall–Kier alpha value is -1.03. The maximum absolute atomic E-state index is 8.46. The van der Waals surface area contributed by atoms with Gasteiger partial charge in [-0.25, -0.2) is 0 Å². The summed E-state index contributed by atoms with van der Waals surface area (Å²) in [5, 5.41) is 12.4. The van der Waals surface area contributed by atoms with Gasteiger partial charge in [0.05, 0.1) is 0 Å². The van der Waals surface area contributed by atoms with Crippen molar-refractivity contribution < 1.29 is 5.11 Å². The molecule has 1 aromatic heterocycles. The summed E-state index contributed by atoms with van der Waals surface area (Å²) in [5.41, 5.74) is 5.36. The summed E-state index contributed by atoms with van der Waals surface area (Å²) in [6.07, 6.45) is 2.52. The summed E-state index contributed by atoms with van der Waals surface area (Å²) >= 11 is 0. The molecule has 0 unspecified atom stereocenters. The van der Waals surface area contributed by atoms with Crippen LogP contribution < -0.4 is 5.73 Å². The van der Waals surface area contributed by atoms with Gasteiger partial charge in [-0.2, -0.15) is 5.10 Å². The van der Waals surface area contributed by atoms with Gasteiger partial charge in [0.15, 0.2) is 0 Å².